The maximum atomic E-state index is 5.63. The summed E-state index contributed by atoms with van der Waals surface area (Å²) in [6, 6.07) is 0.782. The Labute approximate surface area is 87.6 Å². The lowest BCUT2D eigenvalue weighted by atomic mass is 10.2. The number of methoxy groups -OCH3 is 1. The molecule has 3 nitrogen and oxygen atoms in total. The number of rotatable bonds is 6. The number of nitrogens with two attached hydrogens (primary N) is 1. The highest BCUT2D eigenvalue weighted by Crippen LogP contribution is 2.23. The van der Waals surface area contributed by atoms with Crippen molar-refractivity contribution < 1.29 is 4.74 Å². The van der Waals surface area contributed by atoms with Crippen LogP contribution in [0.5, 0.6) is 0 Å². The lowest BCUT2D eigenvalue weighted by molar-refractivity contribution is 0.0566. The molecule has 1 saturated carbocycles. The van der Waals surface area contributed by atoms with E-state index in [2.05, 4.69) is 11.8 Å². The van der Waals surface area contributed by atoms with Gasteiger partial charge in [0.2, 0.25) is 0 Å². The Morgan fingerprint density at radius 1 is 1.43 bits per heavy atom. The predicted octanol–water partition coefficient (Wildman–Crippen LogP) is 1.22. The van der Waals surface area contributed by atoms with Crippen LogP contribution in [-0.2, 0) is 4.74 Å². The fourth-order valence-electron chi connectivity index (χ4n) is 2.31. The third-order valence-corrected chi connectivity index (χ3v) is 3.28. The topological polar surface area (TPSA) is 38.5 Å². The fraction of sp³-hybridized carbons (Fsp3) is 1.00. The van der Waals surface area contributed by atoms with Gasteiger partial charge in [0.25, 0.3) is 0 Å². The van der Waals surface area contributed by atoms with Gasteiger partial charge in [0, 0.05) is 26.2 Å². The minimum absolute atomic E-state index is 0.204. The molecule has 2 N–H and O–H groups in total. The number of hydrogen-bond acceptors (Lipinski definition) is 3. The van der Waals surface area contributed by atoms with Gasteiger partial charge in [0.05, 0.1) is 6.10 Å². The maximum Gasteiger partial charge on any atom is 0.0820 e. The Morgan fingerprint density at radius 3 is 2.50 bits per heavy atom. The Balaban J connectivity index is 2.36. The van der Waals surface area contributed by atoms with Crippen LogP contribution < -0.4 is 5.73 Å². The largest absolute Gasteiger partial charge is 0.379 e. The van der Waals surface area contributed by atoms with Gasteiger partial charge in [-0.3, -0.25) is 4.90 Å². The van der Waals surface area contributed by atoms with Gasteiger partial charge in [-0.05, 0) is 19.4 Å². The van der Waals surface area contributed by atoms with Crippen molar-refractivity contribution in [1.82, 2.24) is 4.90 Å². The van der Waals surface area contributed by atoms with E-state index in [0.29, 0.717) is 6.54 Å². The van der Waals surface area contributed by atoms with Crippen molar-refractivity contribution in [3.05, 3.63) is 0 Å². The molecule has 0 spiro atoms. The molecule has 1 unspecified atom stereocenters. The van der Waals surface area contributed by atoms with Gasteiger partial charge >= 0.3 is 0 Å². The van der Waals surface area contributed by atoms with Crippen molar-refractivity contribution in [2.75, 3.05) is 26.7 Å². The molecule has 0 saturated heterocycles. The van der Waals surface area contributed by atoms with Crippen LogP contribution in [0.4, 0.5) is 0 Å². The zero-order chi connectivity index (χ0) is 10.4. The van der Waals surface area contributed by atoms with Gasteiger partial charge in [0.1, 0.15) is 0 Å². The molecular formula is C11H24N2O. The lowest BCUT2D eigenvalue weighted by Gasteiger charge is -2.30. The highest BCUT2D eigenvalue weighted by molar-refractivity contribution is 4.78. The molecule has 14 heavy (non-hydrogen) atoms. The average Bonchev–Trinajstić information content (AvgIpc) is 2.73. The van der Waals surface area contributed by atoms with Crippen LogP contribution in [0, 0.1) is 0 Å². The van der Waals surface area contributed by atoms with Crippen LogP contribution in [-0.4, -0.2) is 43.8 Å². The van der Waals surface area contributed by atoms with Crippen LogP contribution in [0.2, 0.25) is 0 Å². The van der Waals surface area contributed by atoms with Gasteiger partial charge in [0.15, 0.2) is 0 Å². The van der Waals surface area contributed by atoms with Gasteiger partial charge in [-0.2, -0.15) is 0 Å². The summed E-state index contributed by atoms with van der Waals surface area (Å²) in [6.45, 7) is 4.96. The molecule has 0 aliphatic heterocycles. The van der Waals surface area contributed by atoms with Gasteiger partial charge in [-0.15, -0.1) is 0 Å². The molecule has 0 bridgehead atoms. The molecule has 0 heterocycles. The van der Waals surface area contributed by atoms with Crippen molar-refractivity contribution in [2.24, 2.45) is 5.73 Å². The van der Waals surface area contributed by atoms with E-state index in [1.54, 1.807) is 7.11 Å². The maximum absolute atomic E-state index is 5.63. The van der Waals surface area contributed by atoms with Crippen molar-refractivity contribution in [3.63, 3.8) is 0 Å². The molecule has 1 rings (SSSR count). The van der Waals surface area contributed by atoms with Crippen LogP contribution in [0.25, 0.3) is 0 Å². The molecule has 0 radical (unpaired) electrons. The quantitative estimate of drug-likeness (QED) is 0.701. The monoisotopic (exact) mass is 200 g/mol. The summed E-state index contributed by atoms with van der Waals surface area (Å²) in [7, 11) is 1.75. The first-order chi connectivity index (χ1) is 6.81. The Hall–Kier alpha value is -0.120. The van der Waals surface area contributed by atoms with Gasteiger partial charge < -0.3 is 10.5 Å². The highest BCUT2D eigenvalue weighted by atomic mass is 16.5. The summed E-state index contributed by atoms with van der Waals surface area (Å²) >= 11 is 0. The van der Waals surface area contributed by atoms with Crippen molar-refractivity contribution in [3.8, 4) is 0 Å². The van der Waals surface area contributed by atoms with Crippen molar-refractivity contribution in [1.29, 1.82) is 0 Å². The lowest BCUT2D eigenvalue weighted by Crippen LogP contribution is -2.42. The molecule has 0 aromatic heterocycles. The highest BCUT2D eigenvalue weighted by Gasteiger charge is 2.23. The second kappa shape index (κ2) is 6.38. The van der Waals surface area contributed by atoms with Crippen molar-refractivity contribution in [2.45, 2.75) is 44.8 Å². The third kappa shape index (κ3) is 3.23. The predicted molar refractivity (Wildman–Crippen MR) is 59.4 cm³/mol. The minimum atomic E-state index is 0.204. The SMILES string of the molecule is CCN(CC(CN)OC)C1CCCC1. The second-order valence-electron chi connectivity index (χ2n) is 4.12. The Morgan fingerprint density at radius 2 is 2.07 bits per heavy atom. The average molecular weight is 200 g/mol. The molecule has 1 atom stereocenters. The Bertz CT molecular complexity index is 142. The molecular weight excluding hydrogens is 176 g/mol. The summed E-state index contributed by atoms with van der Waals surface area (Å²) in [5.74, 6) is 0. The first-order valence-corrected chi connectivity index (χ1v) is 5.78. The van der Waals surface area contributed by atoms with Crippen LogP contribution in [0.3, 0.4) is 0 Å². The second-order valence-corrected chi connectivity index (χ2v) is 4.12. The minimum Gasteiger partial charge on any atom is -0.379 e. The summed E-state index contributed by atoms with van der Waals surface area (Å²) in [4.78, 5) is 2.52. The molecule has 0 amide bonds. The zero-order valence-electron chi connectivity index (χ0n) is 9.54. The number of ether oxygens (including phenoxy) is 1. The molecule has 1 aliphatic carbocycles. The van der Waals surface area contributed by atoms with Crippen LogP contribution in [0.15, 0.2) is 0 Å². The molecule has 1 aliphatic rings. The molecule has 0 aromatic rings. The van der Waals surface area contributed by atoms with E-state index >= 15 is 0 Å². The molecule has 84 valence electrons. The van der Waals surface area contributed by atoms with Crippen molar-refractivity contribution >= 4 is 0 Å². The zero-order valence-corrected chi connectivity index (χ0v) is 9.54. The van der Waals surface area contributed by atoms with Gasteiger partial charge in [-0.25, -0.2) is 0 Å². The summed E-state index contributed by atoms with van der Waals surface area (Å²) in [5.41, 5.74) is 5.63. The standard InChI is InChI=1S/C11H24N2O/c1-3-13(9-11(8-12)14-2)10-6-4-5-7-10/h10-11H,3-9,12H2,1-2H3. The van der Waals surface area contributed by atoms with E-state index in [0.717, 1.165) is 19.1 Å². The number of likely N-dealkylation sites (N-methyl/N-ethyl adjacent to an activating group) is 1. The Kier molecular flexibility index (Phi) is 5.45. The molecule has 1 fully saturated rings. The fourth-order valence-corrected chi connectivity index (χ4v) is 2.31. The molecule has 3 heteroatoms. The first kappa shape index (κ1) is 12.0. The third-order valence-electron chi connectivity index (χ3n) is 3.28. The first-order valence-electron chi connectivity index (χ1n) is 5.78. The van der Waals surface area contributed by atoms with E-state index in [1.165, 1.54) is 25.7 Å². The smallest absolute Gasteiger partial charge is 0.0820 e. The van der Waals surface area contributed by atoms with Crippen LogP contribution >= 0.6 is 0 Å². The number of nitrogens with zero attached hydrogens (tertiary/aromatic N) is 1. The van der Waals surface area contributed by atoms with E-state index in [-0.39, 0.29) is 6.10 Å². The van der Waals surface area contributed by atoms with E-state index < -0.39 is 0 Å². The summed E-state index contributed by atoms with van der Waals surface area (Å²) in [5, 5.41) is 0. The van der Waals surface area contributed by atoms with Gasteiger partial charge in [-0.1, -0.05) is 19.8 Å². The summed E-state index contributed by atoms with van der Waals surface area (Å²) < 4.78 is 5.32. The van der Waals surface area contributed by atoms with Crippen LogP contribution in [0.1, 0.15) is 32.6 Å². The van der Waals surface area contributed by atoms with E-state index in [9.17, 15) is 0 Å². The summed E-state index contributed by atoms with van der Waals surface area (Å²) in [6.07, 6.45) is 5.70. The van der Waals surface area contributed by atoms with E-state index in [1.807, 2.05) is 0 Å². The van der Waals surface area contributed by atoms with E-state index in [4.69, 9.17) is 10.5 Å². The number of hydrogen-bond donors (Lipinski definition) is 1. The normalized spacial score (nSPS) is 20.6. The molecule has 0 aromatic carbocycles.